The molecule has 0 fully saturated rings. The van der Waals surface area contributed by atoms with Crippen LogP contribution in [0.25, 0.3) is 0 Å². The lowest BCUT2D eigenvalue weighted by Crippen LogP contribution is -2.23. The molecule has 1 aliphatic carbocycles. The van der Waals surface area contributed by atoms with Crippen molar-refractivity contribution in [2.45, 2.75) is 18.1 Å². The smallest absolute Gasteiger partial charge is 0.272 e. The second-order valence-electron chi connectivity index (χ2n) is 3.15. The predicted octanol–water partition coefficient (Wildman–Crippen LogP) is 1.59. The zero-order valence-corrected chi connectivity index (χ0v) is 8.57. The van der Waals surface area contributed by atoms with Gasteiger partial charge in [0.2, 0.25) is 0 Å². The molecular weight excluding hydrogens is 208 g/mol. The summed E-state index contributed by atoms with van der Waals surface area (Å²) >= 11 is 1.51. The highest BCUT2D eigenvalue weighted by Crippen LogP contribution is 2.40. The molecule has 0 bridgehead atoms. The van der Waals surface area contributed by atoms with Gasteiger partial charge in [0.1, 0.15) is 5.25 Å². The molecule has 2 aliphatic rings. The molecule has 13 heavy (non-hydrogen) atoms. The van der Waals surface area contributed by atoms with Gasteiger partial charge in [-0.05, 0) is 18.4 Å². The Labute approximate surface area is 81.7 Å². The van der Waals surface area contributed by atoms with Crippen LogP contribution in [-0.4, -0.2) is 24.0 Å². The quantitative estimate of drug-likeness (QED) is 0.679. The Bertz CT molecular complexity index is 378. The summed E-state index contributed by atoms with van der Waals surface area (Å²) in [5.74, 6) is 0.466. The summed E-state index contributed by atoms with van der Waals surface area (Å²) in [6.07, 6.45) is 5.64. The Morgan fingerprint density at radius 2 is 2.31 bits per heavy atom. The Kier molecular flexibility index (Phi) is 2.25. The summed E-state index contributed by atoms with van der Waals surface area (Å²) in [6.45, 7) is 0. The number of hydrogen-bond acceptors (Lipinski definition) is 3. The van der Waals surface area contributed by atoms with E-state index >= 15 is 0 Å². The Balaban J connectivity index is 2.37. The van der Waals surface area contributed by atoms with Crippen LogP contribution in [0.3, 0.4) is 0 Å². The van der Waals surface area contributed by atoms with E-state index in [0.717, 1.165) is 23.3 Å². The van der Waals surface area contributed by atoms with Crippen molar-refractivity contribution < 1.29 is 13.0 Å². The van der Waals surface area contributed by atoms with Gasteiger partial charge in [0.25, 0.3) is 10.1 Å². The minimum atomic E-state index is -3.89. The van der Waals surface area contributed by atoms with E-state index < -0.39 is 15.4 Å². The number of rotatable bonds is 1. The second-order valence-corrected chi connectivity index (χ2v) is 5.81. The van der Waals surface area contributed by atoms with Crippen molar-refractivity contribution >= 4 is 21.9 Å². The fourth-order valence-electron chi connectivity index (χ4n) is 1.65. The Morgan fingerprint density at radius 3 is 3.00 bits per heavy atom. The number of hydrogen-bond donors (Lipinski definition) is 1. The molecule has 0 aromatic heterocycles. The summed E-state index contributed by atoms with van der Waals surface area (Å²) in [5.41, 5.74) is 0.898. The third-order valence-electron chi connectivity index (χ3n) is 2.30. The average molecular weight is 218 g/mol. The predicted molar refractivity (Wildman–Crippen MR) is 53.2 cm³/mol. The van der Waals surface area contributed by atoms with Crippen molar-refractivity contribution in [1.29, 1.82) is 0 Å². The SMILES string of the molecule is O=S(=O)(O)C1CSC2=C1CCC=C2. The molecule has 1 aliphatic heterocycles. The van der Waals surface area contributed by atoms with Crippen molar-refractivity contribution in [2.75, 3.05) is 5.75 Å². The third kappa shape index (κ3) is 1.68. The van der Waals surface area contributed by atoms with E-state index in [9.17, 15) is 8.42 Å². The summed E-state index contributed by atoms with van der Waals surface area (Å²) in [4.78, 5) is 1.04. The third-order valence-corrected chi connectivity index (χ3v) is 4.90. The normalized spacial score (nSPS) is 27.9. The van der Waals surface area contributed by atoms with Crippen LogP contribution in [0, 0.1) is 0 Å². The van der Waals surface area contributed by atoms with Gasteiger partial charge in [-0.3, -0.25) is 4.55 Å². The van der Waals surface area contributed by atoms with Crippen LogP contribution in [0.1, 0.15) is 12.8 Å². The first-order valence-electron chi connectivity index (χ1n) is 4.08. The lowest BCUT2D eigenvalue weighted by Gasteiger charge is -2.12. The topological polar surface area (TPSA) is 54.4 Å². The molecule has 1 atom stereocenters. The van der Waals surface area contributed by atoms with Gasteiger partial charge in [0, 0.05) is 10.7 Å². The Morgan fingerprint density at radius 1 is 1.54 bits per heavy atom. The van der Waals surface area contributed by atoms with Crippen LogP contribution >= 0.6 is 11.8 Å². The van der Waals surface area contributed by atoms with Crippen LogP contribution < -0.4 is 0 Å². The molecular formula is C8H10O3S2. The van der Waals surface area contributed by atoms with E-state index in [1.165, 1.54) is 11.8 Å². The van der Waals surface area contributed by atoms with Crippen LogP contribution in [0.4, 0.5) is 0 Å². The molecule has 72 valence electrons. The largest absolute Gasteiger partial charge is 0.285 e. The van der Waals surface area contributed by atoms with E-state index in [2.05, 4.69) is 0 Å². The van der Waals surface area contributed by atoms with Gasteiger partial charge in [-0.25, -0.2) is 0 Å². The van der Waals surface area contributed by atoms with Gasteiger partial charge in [-0.2, -0.15) is 8.42 Å². The van der Waals surface area contributed by atoms with E-state index in [4.69, 9.17) is 4.55 Å². The summed E-state index contributed by atoms with van der Waals surface area (Å²) in [5, 5.41) is -0.655. The van der Waals surface area contributed by atoms with Gasteiger partial charge in [0.05, 0.1) is 0 Å². The first-order chi connectivity index (χ1) is 6.09. The van der Waals surface area contributed by atoms with Gasteiger partial charge >= 0.3 is 0 Å². The fraction of sp³-hybridized carbons (Fsp3) is 0.500. The minimum absolute atomic E-state index is 0.466. The molecule has 0 amide bonds. The minimum Gasteiger partial charge on any atom is -0.285 e. The molecule has 1 unspecified atom stereocenters. The van der Waals surface area contributed by atoms with Crippen LogP contribution in [-0.2, 0) is 10.1 Å². The van der Waals surface area contributed by atoms with Gasteiger partial charge in [-0.1, -0.05) is 12.2 Å². The first-order valence-corrected chi connectivity index (χ1v) is 6.56. The molecule has 1 N–H and O–H groups in total. The maximum absolute atomic E-state index is 11.0. The molecule has 0 saturated carbocycles. The Hall–Kier alpha value is -0.260. The highest BCUT2D eigenvalue weighted by Gasteiger charge is 2.34. The highest BCUT2D eigenvalue weighted by molar-refractivity contribution is 8.04. The lowest BCUT2D eigenvalue weighted by molar-refractivity contribution is 0.475. The second kappa shape index (κ2) is 3.15. The maximum atomic E-state index is 11.0. The van der Waals surface area contributed by atoms with Gasteiger partial charge < -0.3 is 0 Å². The van der Waals surface area contributed by atoms with E-state index in [-0.39, 0.29) is 0 Å². The number of thioether (sulfide) groups is 1. The van der Waals surface area contributed by atoms with Gasteiger partial charge in [0.15, 0.2) is 0 Å². The monoisotopic (exact) mass is 218 g/mol. The van der Waals surface area contributed by atoms with Crippen molar-refractivity contribution in [1.82, 2.24) is 0 Å². The van der Waals surface area contributed by atoms with Crippen molar-refractivity contribution in [2.24, 2.45) is 0 Å². The highest BCUT2D eigenvalue weighted by atomic mass is 32.2. The zero-order chi connectivity index (χ0) is 9.47. The molecule has 0 aromatic rings. The van der Waals surface area contributed by atoms with Crippen molar-refractivity contribution in [3.8, 4) is 0 Å². The summed E-state index contributed by atoms with van der Waals surface area (Å²) < 4.78 is 30.9. The molecule has 0 radical (unpaired) electrons. The van der Waals surface area contributed by atoms with Crippen molar-refractivity contribution in [3.63, 3.8) is 0 Å². The van der Waals surface area contributed by atoms with Crippen molar-refractivity contribution in [3.05, 3.63) is 22.6 Å². The molecule has 0 aromatic carbocycles. The maximum Gasteiger partial charge on any atom is 0.272 e. The average Bonchev–Trinajstić information content (AvgIpc) is 2.45. The zero-order valence-electron chi connectivity index (χ0n) is 6.93. The van der Waals surface area contributed by atoms with Crippen LogP contribution in [0.2, 0.25) is 0 Å². The van der Waals surface area contributed by atoms with E-state index in [1.807, 2.05) is 12.2 Å². The summed E-state index contributed by atoms with van der Waals surface area (Å²) in [6, 6.07) is 0. The number of allylic oxidation sites excluding steroid dienone is 2. The summed E-state index contributed by atoms with van der Waals surface area (Å²) in [7, 11) is -3.89. The molecule has 5 heteroatoms. The lowest BCUT2D eigenvalue weighted by atomic mass is 10.0. The van der Waals surface area contributed by atoms with Gasteiger partial charge in [-0.15, -0.1) is 11.8 Å². The van der Waals surface area contributed by atoms with E-state index in [0.29, 0.717) is 5.75 Å². The fourth-order valence-corrected chi connectivity index (χ4v) is 4.38. The first kappa shape index (κ1) is 9.30. The molecule has 0 spiro atoms. The molecule has 2 rings (SSSR count). The van der Waals surface area contributed by atoms with E-state index in [1.54, 1.807) is 0 Å². The van der Waals surface area contributed by atoms with Crippen LogP contribution in [0.15, 0.2) is 22.6 Å². The van der Waals surface area contributed by atoms with Crippen LogP contribution in [0.5, 0.6) is 0 Å². The molecule has 1 heterocycles. The molecule has 0 saturated heterocycles. The standard InChI is InChI=1S/C8H10O3S2/c9-13(10,11)8-5-12-7-4-2-1-3-6(7)8/h2,4,8H,1,3,5H2,(H,9,10,11). The molecule has 3 nitrogen and oxygen atoms in total.